The van der Waals surface area contributed by atoms with Crippen molar-refractivity contribution in [3.8, 4) is 5.75 Å². The van der Waals surface area contributed by atoms with Crippen molar-refractivity contribution in [2.45, 2.75) is 30.2 Å². The average molecular weight is 395 g/mol. The molecule has 1 unspecified atom stereocenters. The van der Waals surface area contributed by atoms with Gasteiger partial charge in [-0.25, -0.2) is 0 Å². The maximum Gasteiger partial charge on any atom is 0.230 e. The smallest absolute Gasteiger partial charge is 0.230 e. The maximum absolute atomic E-state index is 11.9. The van der Waals surface area contributed by atoms with Gasteiger partial charge in [0.05, 0.1) is 24.2 Å². The third-order valence-corrected chi connectivity index (χ3v) is 5.68. The van der Waals surface area contributed by atoms with E-state index < -0.39 is 0 Å². The number of nitrogens with zero attached hydrogens (tertiary/aromatic N) is 2. The van der Waals surface area contributed by atoms with Crippen molar-refractivity contribution < 1.29 is 14.3 Å². The summed E-state index contributed by atoms with van der Waals surface area (Å²) >= 11 is 2.79. The normalized spacial score (nSPS) is 16.4. The molecule has 0 bridgehead atoms. The van der Waals surface area contributed by atoms with Crippen LogP contribution in [-0.4, -0.2) is 47.7 Å². The number of hydrogen-bond donors (Lipinski definition) is 2. The summed E-state index contributed by atoms with van der Waals surface area (Å²) in [4.78, 5) is 11.9. The Kier molecular flexibility index (Phi) is 7.10. The van der Waals surface area contributed by atoms with Crippen molar-refractivity contribution in [1.82, 2.24) is 15.5 Å². The molecule has 9 heteroatoms. The third kappa shape index (κ3) is 5.58. The van der Waals surface area contributed by atoms with Crippen LogP contribution in [0, 0.1) is 0 Å². The van der Waals surface area contributed by atoms with E-state index >= 15 is 0 Å². The third-order valence-electron chi connectivity index (χ3n) is 3.71. The van der Waals surface area contributed by atoms with Crippen LogP contribution in [-0.2, 0) is 9.53 Å². The Hall–Kier alpha value is -1.84. The SMILES string of the molecule is CCOc1ccccc1Nc1nnc(SCC(=O)NCC2CCCO2)s1. The first kappa shape index (κ1) is 18.9. The average Bonchev–Trinajstić information content (AvgIpc) is 3.32. The minimum Gasteiger partial charge on any atom is -0.492 e. The Balaban J connectivity index is 1.46. The fraction of sp³-hybridized carbons (Fsp3) is 0.471. The fourth-order valence-corrected chi connectivity index (χ4v) is 4.09. The summed E-state index contributed by atoms with van der Waals surface area (Å²) in [7, 11) is 0. The highest BCUT2D eigenvalue weighted by molar-refractivity contribution is 8.01. The number of benzene rings is 1. The quantitative estimate of drug-likeness (QED) is 0.632. The lowest BCUT2D eigenvalue weighted by Gasteiger charge is -2.10. The largest absolute Gasteiger partial charge is 0.492 e. The Morgan fingerprint density at radius 3 is 3.12 bits per heavy atom. The minimum absolute atomic E-state index is 0.0168. The molecule has 1 saturated heterocycles. The number of ether oxygens (including phenoxy) is 2. The highest BCUT2D eigenvalue weighted by atomic mass is 32.2. The van der Waals surface area contributed by atoms with Crippen LogP contribution in [0.3, 0.4) is 0 Å². The van der Waals surface area contributed by atoms with Gasteiger partial charge in [-0.1, -0.05) is 35.2 Å². The first-order chi connectivity index (χ1) is 12.7. The van der Waals surface area contributed by atoms with E-state index in [0.29, 0.717) is 24.0 Å². The number of anilines is 2. The van der Waals surface area contributed by atoms with E-state index in [1.165, 1.54) is 23.1 Å². The molecule has 2 heterocycles. The Bertz CT molecular complexity index is 720. The van der Waals surface area contributed by atoms with E-state index in [9.17, 15) is 4.79 Å². The van der Waals surface area contributed by atoms with Crippen molar-refractivity contribution in [2.75, 3.05) is 30.8 Å². The van der Waals surface area contributed by atoms with E-state index in [4.69, 9.17) is 9.47 Å². The zero-order chi connectivity index (χ0) is 18.2. The Morgan fingerprint density at radius 1 is 1.42 bits per heavy atom. The molecule has 3 rings (SSSR count). The molecule has 1 aromatic heterocycles. The van der Waals surface area contributed by atoms with Crippen LogP contribution in [0.15, 0.2) is 28.6 Å². The van der Waals surface area contributed by atoms with Gasteiger partial charge in [-0.3, -0.25) is 4.79 Å². The summed E-state index contributed by atoms with van der Waals surface area (Å²) in [6.07, 6.45) is 2.25. The van der Waals surface area contributed by atoms with Crippen molar-refractivity contribution in [1.29, 1.82) is 0 Å². The lowest BCUT2D eigenvalue weighted by atomic mass is 10.2. The molecule has 1 fully saturated rings. The van der Waals surface area contributed by atoms with Gasteiger partial charge in [-0.2, -0.15) is 0 Å². The van der Waals surface area contributed by atoms with E-state index in [1.807, 2.05) is 31.2 Å². The molecule has 1 aromatic carbocycles. The van der Waals surface area contributed by atoms with Crippen LogP contribution in [0.25, 0.3) is 0 Å². The van der Waals surface area contributed by atoms with E-state index in [1.54, 1.807) is 0 Å². The van der Waals surface area contributed by atoms with Gasteiger partial charge in [-0.15, -0.1) is 10.2 Å². The Labute approximate surface area is 160 Å². The van der Waals surface area contributed by atoms with Crippen LogP contribution < -0.4 is 15.4 Å². The number of hydrogen-bond acceptors (Lipinski definition) is 8. The number of amides is 1. The second-order valence-corrected chi connectivity index (χ2v) is 7.86. The highest BCUT2D eigenvalue weighted by Gasteiger charge is 2.16. The van der Waals surface area contributed by atoms with Gasteiger partial charge in [-0.05, 0) is 31.9 Å². The first-order valence-corrected chi connectivity index (χ1v) is 10.4. The van der Waals surface area contributed by atoms with Gasteiger partial charge in [0.1, 0.15) is 5.75 Å². The van der Waals surface area contributed by atoms with Crippen LogP contribution in [0.4, 0.5) is 10.8 Å². The zero-order valence-electron chi connectivity index (χ0n) is 14.6. The molecule has 1 aliphatic rings. The molecule has 0 saturated carbocycles. The summed E-state index contributed by atoms with van der Waals surface area (Å²) < 4.78 is 11.8. The maximum atomic E-state index is 11.9. The lowest BCUT2D eigenvalue weighted by molar-refractivity contribution is -0.119. The number of nitrogens with one attached hydrogen (secondary N) is 2. The van der Waals surface area contributed by atoms with Crippen molar-refractivity contribution in [2.24, 2.45) is 0 Å². The monoisotopic (exact) mass is 394 g/mol. The second kappa shape index (κ2) is 9.75. The number of thioether (sulfide) groups is 1. The molecule has 0 spiro atoms. The molecule has 1 aliphatic heterocycles. The molecule has 0 radical (unpaired) electrons. The minimum atomic E-state index is -0.0168. The number of carbonyl (C=O) groups is 1. The Morgan fingerprint density at radius 2 is 2.31 bits per heavy atom. The van der Waals surface area contributed by atoms with Crippen molar-refractivity contribution in [3.05, 3.63) is 24.3 Å². The van der Waals surface area contributed by atoms with Crippen LogP contribution >= 0.6 is 23.1 Å². The van der Waals surface area contributed by atoms with Crippen LogP contribution in [0.2, 0.25) is 0 Å². The summed E-state index contributed by atoms with van der Waals surface area (Å²) in [5.74, 6) is 1.07. The molecular formula is C17H22N4O3S2. The molecule has 2 N–H and O–H groups in total. The number of carbonyl (C=O) groups excluding carboxylic acids is 1. The van der Waals surface area contributed by atoms with Gasteiger partial charge < -0.3 is 20.1 Å². The predicted octanol–water partition coefficient (Wildman–Crippen LogP) is 3.07. The summed E-state index contributed by atoms with van der Waals surface area (Å²) in [6.45, 7) is 3.91. The molecule has 0 aliphatic carbocycles. The standard InChI is InChI=1S/C17H22N4O3S2/c1-2-23-14-8-4-3-7-13(14)19-16-20-21-17(26-16)25-11-15(22)18-10-12-6-5-9-24-12/h3-4,7-8,12H,2,5-6,9-11H2,1H3,(H,18,22)(H,19,20). The van der Waals surface area contributed by atoms with Gasteiger partial charge in [0.15, 0.2) is 4.34 Å². The van der Waals surface area contributed by atoms with Gasteiger partial charge in [0.2, 0.25) is 11.0 Å². The van der Waals surface area contributed by atoms with Crippen LogP contribution in [0.5, 0.6) is 5.75 Å². The summed E-state index contributed by atoms with van der Waals surface area (Å²) in [5.41, 5.74) is 0.844. The summed E-state index contributed by atoms with van der Waals surface area (Å²) in [5, 5.41) is 15.0. The van der Waals surface area contributed by atoms with E-state index in [-0.39, 0.29) is 12.0 Å². The molecular weight excluding hydrogens is 372 g/mol. The first-order valence-electron chi connectivity index (χ1n) is 8.58. The molecule has 7 nitrogen and oxygen atoms in total. The van der Waals surface area contributed by atoms with Gasteiger partial charge in [0.25, 0.3) is 0 Å². The number of para-hydroxylation sites is 2. The molecule has 2 aromatic rings. The number of rotatable bonds is 9. The zero-order valence-corrected chi connectivity index (χ0v) is 16.2. The molecule has 140 valence electrons. The highest BCUT2D eigenvalue weighted by Crippen LogP contribution is 2.31. The van der Waals surface area contributed by atoms with E-state index in [0.717, 1.165) is 35.2 Å². The number of aromatic nitrogens is 2. The van der Waals surface area contributed by atoms with Gasteiger partial charge >= 0.3 is 0 Å². The van der Waals surface area contributed by atoms with Crippen molar-refractivity contribution in [3.63, 3.8) is 0 Å². The summed E-state index contributed by atoms with van der Waals surface area (Å²) in [6, 6.07) is 7.69. The molecule has 1 amide bonds. The topological polar surface area (TPSA) is 85.4 Å². The van der Waals surface area contributed by atoms with Crippen molar-refractivity contribution >= 4 is 39.8 Å². The van der Waals surface area contributed by atoms with Crippen LogP contribution in [0.1, 0.15) is 19.8 Å². The molecule has 26 heavy (non-hydrogen) atoms. The lowest BCUT2D eigenvalue weighted by Crippen LogP contribution is -2.32. The molecule has 1 atom stereocenters. The predicted molar refractivity (Wildman–Crippen MR) is 104 cm³/mol. The van der Waals surface area contributed by atoms with E-state index in [2.05, 4.69) is 20.8 Å². The van der Waals surface area contributed by atoms with Gasteiger partial charge in [0, 0.05) is 13.2 Å². The second-order valence-electron chi connectivity index (χ2n) is 5.66. The fourth-order valence-electron chi connectivity index (χ4n) is 2.50.